The maximum atomic E-state index is 5.30. The van der Waals surface area contributed by atoms with Gasteiger partial charge in [-0.1, -0.05) is 142 Å². The number of allylic oxidation sites excluding steroid dienone is 2. The van der Waals surface area contributed by atoms with Gasteiger partial charge in [0.05, 0.1) is 14.2 Å². The van der Waals surface area contributed by atoms with Gasteiger partial charge in [-0.05, 0) is 186 Å². The van der Waals surface area contributed by atoms with Gasteiger partial charge in [0.1, 0.15) is 11.5 Å². The Balaban J connectivity index is 0.000000227. The van der Waals surface area contributed by atoms with Crippen LogP contribution in [0.1, 0.15) is 134 Å². The van der Waals surface area contributed by atoms with E-state index in [1.807, 2.05) is 0 Å². The van der Waals surface area contributed by atoms with Crippen molar-refractivity contribution in [3.05, 3.63) is 191 Å². The molecule has 2 aliphatic rings. The predicted octanol–water partition coefficient (Wildman–Crippen LogP) is 16.5. The molecule has 0 radical (unpaired) electrons. The third-order valence-corrected chi connectivity index (χ3v) is 13.2. The van der Waals surface area contributed by atoms with Crippen LogP contribution in [-0.2, 0) is 33.3 Å². The zero-order chi connectivity index (χ0) is 41.8. The Bertz CT molecular complexity index is 2290. The van der Waals surface area contributed by atoms with Crippen LogP contribution in [0.25, 0.3) is 27.8 Å². The Morgan fingerprint density at radius 3 is 1.31 bits per heavy atom. The van der Waals surface area contributed by atoms with Gasteiger partial charge in [0.2, 0.25) is 0 Å². The van der Waals surface area contributed by atoms with Gasteiger partial charge in [0.15, 0.2) is 0 Å². The maximum Gasteiger partial charge on any atom is 0.118 e. The van der Waals surface area contributed by atoms with E-state index in [2.05, 4.69) is 167 Å². The predicted molar refractivity (Wildman–Crippen MR) is 262 cm³/mol. The van der Waals surface area contributed by atoms with Crippen LogP contribution in [0.3, 0.4) is 0 Å². The number of methoxy groups -OCH3 is 2. The fourth-order valence-electron chi connectivity index (χ4n) is 9.64. The molecule has 0 amide bonds. The van der Waals surface area contributed by atoms with Gasteiger partial charge in [-0.25, -0.2) is 0 Å². The average Bonchev–Trinajstić information content (AvgIpc) is 3.30. The molecular weight excluding hydrogens is 847 g/mol. The summed E-state index contributed by atoms with van der Waals surface area (Å²) >= 11 is 0. The first-order valence-electron chi connectivity index (χ1n) is 22.7. The Labute approximate surface area is 388 Å². The van der Waals surface area contributed by atoms with Gasteiger partial charge in [-0.15, -0.1) is 0 Å². The van der Waals surface area contributed by atoms with Crippen molar-refractivity contribution in [3.8, 4) is 33.8 Å². The molecule has 2 aliphatic carbocycles. The summed E-state index contributed by atoms with van der Waals surface area (Å²) < 4.78 is 10.6. The molecular formula is C59H69O2Pd-. The van der Waals surface area contributed by atoms with Crippen LogP contribution in [0.5, 0.6) is 11.5 Å². The maximum absolute atomic E-state index is 5.30. The van der Waals surface area contributed by atoms with E-state index < -0.39 is 0 Å². The van der Waals surface area contributed by atoms with Gasteiger partial charge in [0.25, 0.3) is 0 Å². The molecule has 1 saturated carbocycles. The molecule has 1 fully saturated rings. The van der Waals surface area contributed by atoms with Crippen molar-refractivity contribution in [2.24, 2.45) is 0 Å². The number of aryl methyl sites for hydroxylation is 4. The second-order valence-corrected chi connectivity index (χ2v) is 17.3. The molecule has 62 heavy (non-hydrogen) atoms. The van der Waals surface area contributed by atoms with Crippen LogP contribution >= 0.6 is 0 Å². The summed E-state index contributed by atoms with van der Waals surface area (Å²) in [7, 11) is 3.45. The average molecular weight is 917 g/mol. The minimum atomic E-state index is 0. The third-order valence-electron chi connectivity index (χ3n) is 13.2. The van der Waals surface area contributed by atoms with E-state index in [9.17, 15) is 0 Å². The zero-order valence-electron chi connectivity index (χ0n) is 38.4. The first-order chi connectivity index (χ1) is 29.3. The molecule has 0 bridgehead atoms. The number of benzene rings is 6. The van der Waals surface area contributed by atoms with Gasteiger partial charge in [-0.3, -0.25) is 0 Å². The van der Waals surface area contributed by atoms with Crippen molar-refractivity contribution < 1.29 is 29.9 Å². The normalized spacial score (nSPS) is 17.0. The van der Waals surface area contributed by atoms with Gasteiger partial charge in [0, 0.05) is 20.4 Å². The van der Waals surface area contributed by atoms with Crippen LogP contribution < -0.4 is 9.47 Å². The topological polar surface area (TPSA) is 18.5 Å². The molecule has 6 aromatic rings. The van der Waals surface area contributed by atoms with E-state index in [1.54, 1.807) is 14.2 Å². The summed E-state index contributed by atoms with van der Waals surface area (Å²) in [6, 6.07) is 49.6. The van der Waals surface area contributed by atoms with E-state index in [0.717, 1.165) is 37.2 Å². The molecule has 1 unspecified atom stereocenters. The van der Waals surface area contributed by atoms with Crippen LogP contribution in [0, 0.1) is 21.3 Å². The van der Waals surface area contributed by atoms with Crippen LogP contribution in [0.4, 0.5) is 0 Å². The molecule has 0 aliphatic heterocycles. The second kappa shape index (κ2) is 23.7. The Kier molecular flexibility index (Phi) is 18.5. The van der Waals surface area contributed by atoms with E-state index in [4.69, 9.17) is 9.47 Å². The fraction of sp³-hybridized carbons (Fsp3) is 0.339. The zero-order valence-corrected chi connectivity index (χ0v) is 40.0. The first-order valence-corrected chi connectivity index (χ1v) is 22.7. The first kappa shape index (κ1) is 48.4. The van der Waals surface area contributed by atoms with Crippen molar-refractivity contribution in [2.45, 2.75) is 116 Å². The molecule has 0 aromatic heterocycles. The van der Waals surface area contributed by atoms with Crippen molar-refractivity contribution in [2.75, 3.05) is 14.2 Å². The Morgan fingerprint density at radius 1 is 0.468 bits per heavy atom. The molecule has 2 nitrogen and oxygen atoms in total. The molecule has 0 spiro atoms. The number of hydrogen-bond donors (Lipinski definition) is 0. The van der Waals surface area contributed by atoms with Crippen molar-refractivity contribution in [3.63, 3.8) is 0 Å². The SMILES string of the molecule is CCCc1ccc(-c2ccc(C3=CCC(c4ccc(OC)cc4)CC3)cc2C)cc1.CCCc1ccc(-c2ccc(C3CCC(c4ccc(OC)cc4)CC3)cc2C)cc1.[CH3-].[Pd]. The Hall–Kier alpha value is -4.68. The monoisotopic (exact) mass is 915 g/mol. The van der Waals surface area contributed by atoms with Gasteiger partial charge in [-0.2, -0.15) is 0 Å². The Morgan fingerprint density at radius 2 is 0.887 bits per heavy atom. The van der Waals surface area contributed by atoms with Crippen molar-refractivity contribution in [1.82, 2.24) is 0 Å². The third kappa shape index (κ3) is 12.3. The van der Waals surface area contributed by atoms with Crippen LogP contribution in [0.15, 0.2) is 140 Å². The van der Waals surface area contributed by atoms with E-state index in [1.165, 1.54) is 117 Å². The molecule has 8 rings (SSSR count). The fourth-order valence-corrected chi connectivity index (χ4v) is 9.64. The van der Waals surface area contributed by atoms with Crippen molar-refractivity contribution >= 4 is 5.57 Å². The minimum absolute atomic E-state index is 0. The summed E-state index contributed by atoms with van der Waals surface area (Å²) in [6.45, 7) is 8.97. The molecule has 0 heterocycles. The molecule has 0 saturated heterocycles. The second-order valence-electron chi connectivity index (χ2n) is 17.3. The number of hydrogen-bond acceptors (Lipinski definition) is 2. The van der Waals surface area contributed by atoms with Gasteiger partial charge < -0.3 is 16.9 Å². The molecule has 0 N–H and O–H groups in total. The van der Waals surface area contributed by atoms with E-state index in [-0.39, 0.29) is 27.8 Å². The van der Waals surface area contributed by atoms with Gasteiger partial charge >= 0.3 is 0 Å². The smallest absolute Gasteiger partial charge is 0.118 e. The number of ether oxygens (including phenoxy) is 2. The van der Waals surface area contributed by atoms with Crippen LogP contribution in [0.2, 0.25) is 0 Å². The minimum Gasteiger partial charge on any atom is -0.497 e. The summed E-state index contributed by atoms with van der Waals surface area (Å²) in [5.74, 6) is 3.87. The summed E-state index contributed by atoms with van der Waals surface area (Å²) in [4.78, 5) is 0. The molecule has 3 heteroatoms. The molecule has 6 aromatic carbocycles. The van der Waals surface area contributed by atoms with Crippen LogP contribution in [-0.4, -0.2) is 14.2 Å². The summed E-state index contributed by atoms with van der Waals surface area (Å²) in [5, 5.41) is 0. The largest absolute Gasteiger partial charge is 0.497 e. The quantitative estimate of drug-likeness (QED) is 0.0900. The summed E-state index contributed by atoms with van der Waals surface area (Å²) in [5.41, 5.74) is 18.3. The molecule has 1 atom stereocenters. The standard InChI is InChI=1S/C29H34O.C29H32O.CH3.Pd/c2*1-4-5-22-6-8-26(9-7-22)29-19-16-27(20-21(29)2)25-12-10-23(11-13-25)24-14-17-28(30-3)18-15-24;;/h6-9,14-20,23,25H,4-5,10-13H2,1-3H3;6-9,12,14-20,23H,4-5,10-11,13H2,1-3H3;1H3;/q;;-1;. The van der Waals surface area contributed by atoms with E-state index in [0.29, 0.717) is 17.8 Å². The number of rotatable bonds is 12. The van der Waals surface area contributed by atoms with Crippen molar-refractivity contribution in [1.29, 1.82) is 0 Å². The van der Waals surface area contributed by atoms with E-state index >= 15 is 0 Å². The summed E-state index contributed by atoms with van der Waals surface area (Å²) in [6.07, 6.45) is 15.7. The molecule has 328 valence electrons.